The smallest absolute Gasteiger partial charge is 0.0577 e. The molecule has 0 aromatic rings. The van der Waals surface area contributed by atoms with Crippen LogP contribution >= 0.6 is 0 Å². The first-order valence-electron chi connectivity index (χ1n) is 9.31. The van der Waals surface area contributed by atoms with E-state index in [0.29, 0.717) is 12.2 Å². The van der Waals surface area contributed by atoms with Crippen molar-refractivity contribution in [2.45, 2.75) is 89.3 Å². The molecule has 0 aliphatic heterocycles. The van der Waals surface area contributed by atoms with E-state index in [2.05, 4.69) is 13.2 Å². The van der Waals surface area contributed by atoms with E-state index >= 15 is 0 Å². The summed E-state index contributed by atoms with van der Waals surface area (Å²) in [6, 6.07) is 0. The van der Waals surface area contributed by atoms with Gasteiger partial charge in [-0.15, -0.1) is 13.2 Å². The molecule has 2 nitrogen and oxygen atoms in total. The lowest BCUT2D eigenvalue weighted by atomic mass is 9.95. The van der Waals surface area contributed by atoms with Gasteiger partial charge in [-0.2, -0.15) is 0 Å². The van der Waals surface area contributed by atoms with E-state index in [0.717, 1.165) is 26.1 Å². The van der Waals surface area contributed by atoms with E-state index in [9.17, 15) is 0 Å². The van der Waals surface area contributed by atoms with Crippen LogP contribution in [0.15, 0.2) is 25.3 Å². The highest BCUT2D eigenvalue weighted by Gasteiger charge is 2.21. The van der Waals surface area contributed by atoms with Crippen molar-refractivity contribution >= 4 is 0 Å². The van der Waals surface area contributed by atoms with Gasteiger partial charge in [-0.05, 0) is 64.2 Å². The lowest BCUT2D eigenvalue weighted by Crippen LogP contribution is -2.27. The molecule has 1 fully saturated rings. The Hall–Kier alpha value is -0.600. The summed E-state index contributed by atoms with van der Waals surface area (Å²) in [4.78, 5) is 0. The second-order valence-electron chi connectivity index (χ2n) is 6.42. The molecule has 0 radical (unpaired) electrons. The molecular formula is C20H36O2. The van der Waals surface area contributed by atoms with Crippen molar-refractivity contribution in [3.8, 4) is 0 Å². The molecule has 2 heteroatoms. The average Bonchev–Trinajstić information content (AvgIpc) is 2.55. The van der Waals surface area contributed by atoms with Gasteiger partial charge in [0.2, 0.25) is 0 Å². The predicted molar refractivity (Wildman–Crippen MR) is 95.3 cm³/mol. The quantitative estimate of drug-likeness (QED) is 0.297. The number of unbranched alkanes of at least 4 members (excludes halogenated alkanes) is 6. The summed E-state index contributed by atoms with van der Waals surface area (Å²) in [5.41, 5.74) is 0. The molecule has 0 spiro atoms. The molecule has 1 rings (SSSR count). The zero-order valence-electron chi connectivity index (χ0n) is 14.4. The van der Waals surface area contributed by atoms with Crippen molar-refractivity contribution in [2.75, 3.05) is 13.2 Å². The van der Waals surface area contributed by atoms with Crippen LogP contribution in [0.1, 0.15) is 77.0 Å². The maximum atomic E-state index is 5.99. The molecule has 0 aromatic heterocycles. The molecule has 0 atom stereocenters. The Bertz CT molecular complexity index is 239. The molecule has 22 heavy (non-hydrogen) atoms. The van der Waals surface area contributed by atoms with Gasteiger partial charge in [0, 0.05) is 13.2 Å². The first kappa shape index (κ1) is 19.4. The van der Waals surface area contributed by atoms with Gasteiger partial charge in [-0.25, -0.2) is 0 Å². The lowest BCUT2D eigenvalue weighted by Gasteiger charge is -2.28. The molecule has 128 valence electrons. The highest BCUT2D eigenvalue weighted by molar-refractivity contribution is 4.73. The molecular weight excluding hydrogens is 272 g/mol. The standard InChI is InChI=1S/C20H36O2/c1-3-5-7-9-11-17-21-19-13-15-20(16-14-19)22-18-12-10-8-6-4-2/h3-4,19-20H,1-2,5-18H2. The Morgan fingerprint density at radius 2 is 1.05 bits per heavy atom. The molecule has 1 saturated carbocycles. The SMILES string of the molecule is C=CCCCCCOC1CCC(OCCCCCC=C)CC1. The summed E-state index contributed by atoms with van der Waals surface area (Å²) in [5.74, 6) is 0. The maximum absolute atomic E-state index is 5.99. The van der Waals surface area contributed by atoms with Gasteiger partial charge < -0.3 is 9.47 Å². The first-order valence-corrected chi connectivity index (χ1v) is 9.31. The van der Waals surface area contributed by atoms with Crippen LogP contribution in [-0.2, 0) is 9.47 Å². The Morgan fingerprint density at radius 3 is 1.41 bits per heavy atom. The molecule has 0 bridgehead atoms. The Morgan fingerprint density at radius 1 is 0.636 bits per heavy atom. The molecule has 1 aliphatic rings. The minimum atomic E-state index is 0.479. The average molecular weight is 309 g/mol. The highest BCUT2D eigenvalue weighted by atomic mass is 16.5. The van der Waals surface area contributed by atoms with Gasteiger partial charge >= 0.3 is 0 Å². The van der Waals surface area contributed by atoms with Crippen LogP contribution in [0.5, 0.6) is 0 Å². The fraction of sp³-hybridized carbons (Fsp3) is 0.800. The van der Waals surface area contributed by atoms with E-state index in [-0.39, 0.29) is 0 Å². The van der Waals surface area contributed by atoms with Gasteiger partial charge in [0.15, 0.2) is 0 Å². The molecule has 0 amide bonds. The third-order valence-corrected chi connectivity index (χ3v) is 4.43. The van der Waals surface area contributed by atoms with Gasteiger partial charge in [0.1, 0.15) is 0 Å². The van der Waals surface area contributed by atoms with Crippen molar-refractivity contribution in [1.29, 1.82) is 0 Å². The van der Waals surface area contributed by atoms with Gasteiger partial charge in [0.25, 0.3) is 0 Å². The topological polar surface area (TPSA) is 18.5 Å². The van der Waals surface area contributed by atoms with E-state index < -0.39 is 0 Å². The minimum absolute atomic E-state index is 0.479. The fourth-order valence-corrected chi connectivity index (χ4v) is 3.00. The number of hydrogen-bond donors (Lipinski definition) is 0. The van der Waals surface area contributed by atoms with Gasteiger partial charge in [-0.3, -0.25) is 0 Å². The van der Waals surface area contributed by atoms with Crippen LogP contribution in [0.3, 0.4) is 0 Å². The lowest BCUT2D eigenvalue weighted by molar-refractivity contribution is -0.0326. The number of hydrogen-bond acceptors (Lipinski definition) is 2. The van der Waals surface area contributed by atoms with Crippen molar-refractivity contribution < 1.29 is 9.47 Å². The van der Waals surface area contributed by atoms with E-state index in [4.69, 9.17) is 9.47 Å². The zero-order valence-corrected chi connectivity index (χ0v) is 14.4. The normalized spacial score (nSPS) is 21.6. The molecule has 0 aromatic carbocycles. The van der Waals surface area contributed by atoms with Gasteiger partial charge in [-0.1, -0.05) is 25.0 Å². The van der Waals surface area contributed by atoms with Crippen LogP contribution in [0, 0.1) is 0 Å². The molecule has 1 aliphatic carbocycles. The number of rotatable bonds is 14. The van der Waals surface area contributed by atoms with Crippen LogP contribution < -0.4 is 0 Å². The zero-order chi connectivity index (χ0) is 15.9. The highest BCUT2D eigenvalue weighted by Crippen LogP contribution is 2.24. The van der Waals surface area contributed by atoms with E-state index in [1.807, 2.05) is 12.2 Å². The maximum Gasteiger partial charge on any atom is 0.0577 e. The van der Waals surface area contributed by atoms with E-state index in [1.165, 1.54) is 64.2 Å². The second kappa shape index (κ2) is 14.0. The monoisotopic (exact) mass is 308 g/mol. The third kappa shape index (κ3) is 10.2. The molecule has 0 saturated heterocycles. The predicted octanol–water partition coefficient (Wildman–Crippen LogP) is 5.82. The summed E-state index contributed by atoms with van der Waals surface area (Å²) in [5, 5.41) is 0. The number of ether oxygens (including phenoxy) is 2. The van der Waals surface area contributed by atoms with Crippen LogP contribution in [0.25, 0.3) is 0 Å². The fourth-order valence-electron chi connectivity index (χ4n) is 3.00. The minimum Gasteiger partial charge on any atom is -0.378 e. The number of allylic oxidation sites excluding steroid dienone is 2. The van der Waals surface area contributed by atoms with Crippen LogP contribution in [0.2, 0.25) is 0 Å². The Labute approximate surface area is 138 Å². The van der Waals surface area contributed by atoms with Crippen LogP contribution in [0.4, 0.5) is 0 Å². The summed E-state index contributed by atoms with van der Waals surface area (Å²) in [6.07, 6.45) is 19.3. The Balaban J connectivity index is 1.90. The Kier molecular flexibility index (Phi) is 12.4. The van der Waals surface area contributed by atoms with Crippen molar-refractivity contribution in [3.63, 3.8) is 0 Å². The summed E-state index contributed by atoms with van der Waals surface area (Å²) < 4.78 is 12.0. The summed E-state index contributed by atoms with van der Waals surface area (Å²) in [6.45, 7) is 9.36. The van der Waals surface area contributed by atoms with Crippen molar-refractivity contribution in [2.24, 2.45) is 0 Å². The first-order chi connectivity index (χ1) is 10.9. The van der Waals surface area contributed by atoms with Crippen molar-refractivity contribution in [1.82, 2.24) is 0 Å². The van der Waals surface area contributed by atoms with Gasteiger partial charge in [0.05, 0.1) is 12.2 Å². The molecule has 0 N–H and O–H groups in total. The molecule has 0 heterocycles. The van der Waals surface area contributed by atoms with Crippen LogP contribution in [-0.4, -0.2) is 25.4 Å². The van der Waals surface area contributed by atoms with E-state index in [1.54, 1.807) is 0 Å². The van der Waals surface area contributed by atoms with Crippen molar-refractivity contribution in [3.05, 3.63) is 25.3 Å². The second-order valence-corrected chi connectivity index (χ2v) is 6.42. The summed E-state index contributed by atoms with van der Waals surface area (Å²) in [7, 11) is 0. The largest absolute Gasteiger partial charge is 0.378 e. The third-order valence-electron chi connectivity index (χ3n) is 4.43. The summed E-state index contributed by atoms with van der Waals surface area (Å²) >= 11 is 0. The molecule has 0 unspecified atom stereocenters.